The second-order valence-electron chi connectivity index (χ2n) is 4.39. The summed E-state index contributed by atoms with van der Waals surface area (Å²) >= 11 is 5.01. The number of anilines is 1. The van der Waals surface area contributed by atoms with E-state index in [4.69, 9.17) is 18.0 Å². The van der Waals surface area contributed by atoms with Crippen molar-refractivity contribution < 1.29 is 4.79 Å². The number of carbonyl (C=O) groups excluding carboxylic acids is 1. The van der Waals surface area contributed by atoms with Crippen LogP contribution in [-0.4, -0.2) is 15.9 Å². The fraction of sp³-hybridized carbons (Fsp3) is 0.417. The van der Waals surface area contributed by atoms with Crippen LogP contribution in [0.1, 0.15) is 25.0 Å². The van der Waals surface area contributed by atoms with Gasteiger partial charge in [-0.05, 0) is 31.9 Å². The molecule has 2 rings (SSSR count). The molecule has 0 atom stereocenters. The largest absolute Gasteiger partial charge is 0.392 e. The third-order valence-corrected chi connectivity index (χ3v) is 3.76. The fourth-order valence-electron chi connectivity index (χ4n) is 1.97. The van der Waals surface area contributed by atoms with Crippen molar-refractivity contribution in [1.29, 1.82) is 0 Å². The Morgan fingerprint density at radius 3 is 2.76 bits per heavy atom. The molecule has 0 unspecified atom stereocenters. The first-order chi connectivity index (χ1) is 8.06. The number of carbonyl (C=O) groups is 1. The number of amides is 1. The maximum Gasteiger partial charge on any atom is 0.237 e. The van der Waals surface area contributed by atoms with Gasteiger partial charge in [0.25, 0.3) is 0 Å². The van der Waals surface area contributed by atoms with E-state index in [0.717, 1.165) is 30.6 Å². The summed E-state index contributed by atoms with van der Waals surface area (Å²) in [7, 11) is 0. The van der Waals surface area contributed by atoms with Crippen LogP contribution in [0.2, 0.25) is 0 Å². The molecule has 1 heterocycles. The molecule has 0 aromatic carbocycles. The van der Waals surface area contributed by atoms with Crippen molar-refractivity contribution in [3.05, 3.63) is 24.0 Å². The van der Waals surface area contributed by atoms with E-state index in [1.807, 2.05) is 13.0 Å². The summed E-state index contributed by atoms with van der Waals surface area (Å²) in [6.45, 7) is 1.85. The predicted molar refractivity (Wildman–Crippen MR) is 70.7 cm³/mol. The number of hydrogen-bond acceptors (Lipinski definition) is 3. The molecule has 90 valence electrons. The van der Waals surface area contributed by atoms with Crippen molar-refractivity contribution in [3.8, 4) is 0 Å². The molecule has 1 fully saturated rings. The number of aromatic nitrogens is 1. The quantitative estimate of drug-likeness (QED) is 0.801. The number of pyridine rings is 1. The first-order valence-electron chi connectivity index (χ1n) is 5.59. The minimum absolute atomic E-state index is 0.104. The third kappa shape index (κ3) is 2.02. The fourth-order valence-corrected chi connectivity index (χ4v) is 2.27. The molecular weight excluding hydrogens is 234 g/mol. The minimum Gasteiger partial charge on any atom is -0.392 e. The molecule has 0 saturated heterocycles. The highest BCUT2D eigenvalue weighted by molar-refractivity contribution is 7.80. The number of nitrogens with zero attached hydrogens (tertiary/aromatic N) is 1. The van der Waals surface area contributed by atoms with Crippen LogP contribution in [0.4, 0.5) is 5.69 Å². The normalized spacial score (nSPS) is 17.0. The second-order valence-corrected chi connectivity index (χ2v) is 4.83. The molecule has 0 aliphatic heterocycles. The van der Waals surface area contributed by atoms with Crippen molar-refractivity contribution in [3.63, 3.8) is 0 Å². The van der Waals surface area contributed by atoms with Crippen LogP contribution in [0.3, 0.4) is 0 Å². The van der Waals surface area contributed by atoms with E-state index < -0.39 is 5.41 Å². The van der Waals surface area contributed by atoms with Crippen LogP contribution in [-0.2, 0) is 4.79 Å². The SMILES string of the molecule is Cc1ncccc1NC(=O)C1(C(N)=S)CCC1. The molecule has 1 aromatic heterocycles. The van der Waals surface area contributed by atoms with Crippen molar-refractivity contribution in [2.24, 2.45) is 11.1 Å². The molecule has 4 nitrogen and oxygen atoms in total. The lowest BCUT2D eigenvalue weighted by Gasteiger charge is -2.39. The number of rotatable bonds is 3. The summed E-state index contributed by atoms with van der Waals surface area (Å²) in [4.78, 5) is 16.6. The van der Waals surface area contributed by atoms with E-state index in [1.54, 1.807) is 12.3 Å². The zero-order valence-electron chi connectivity index (χ0n) is 9.69. The highest BCUT2D eigenvalue weighted by atomic mass is 32.1. The van der Waals surface area contributed by atoms with E-state index in [1.165, 1.54) is 0 Å². The van der Waals surface area contributed by atoms with Crippen LogP contribution >= 0.6 is 12.2 Å². The molecule has 1 aliphatic rings. The van der Waals surface area contributed by atoms with Crippen LogP contribution in [0.25, 0.3) is 0 Å². The Labute approximate surface area is 106 Å². The molecule has 0 bridgehead atoms. The number of hydrogen-bond donors (Lipinski definition) is 2. The molecule has 1 amide bonds. The lowest BCUT2D eigenvalue weighted by atomic mass is 9.68. The van der Waals surface area contributed by atoms with Crippen LogP contribution in [0.5, 0.6) is 0 Å². The van der Waals surface area contributed by atoms with Gasteiger partial charge in [0, 0.05) is 6.20 Å². The maximum atomic E-state index is 12.2. The average Bonchev–Trinajstić information content (AvgIpc) is 2.19. The zero-order chi connectivity index (χ0) is 12.5. The molecular formula is C12H15N3OS. The lowest BCUT2D eigenvalue weighted by Crippen LogP contribution is -2.50. The van der Waals surface area contributed by atoms with Gasteiger partial charge in [0.1, 0.15) is 0 Å². The molecule has 0 radical (unpaired) electrons. The summed E-state index contributed by atoms with van der Waals surface area (Å²) in [6.07, 6.45) is 4.18. The van der Waals surface area contributed by atoms with E-state index in [0.29, 0.717) is 4.99 Å². The van der Waals surface area contributed by atoms with E-state index in [9.17, 15) is 4.79 Å². The summed E-state index contributed by atoms with van der Waals surface area (Å²) in [5.41, 5.74) is 6.55. The number of aryl methyl sites for hydroxylation is 1. The van der Waals surface area contributed by atoms with Crippen LogP contribution in [0, 0.1) is 12.3 Å². The molecule has 1 aliphatic carbocycles. The van der Waals surface area contributed by atoms with Crippen LogP contribution in [0.15, 0.2) is 18.3 Å². The number of thiocarbonyl (C=S) groups is 1. The molecule has 3 N–H and O–H groups in total. The third-order valence-electron chi connectivity index (χ3n) is 3.37. The monoisotopic (exact) mass is 249 g/mol. The van der Waals surface area contributed by atoms with Crippen molar-refractivity contribution in [2.75, 3.05) is 5.32 Å². The Bertz CT molecular complexity index is 469. The van der Waals surface area contributed by atoms with Crippen LogP contribution < -0.4 is 11.1 Å². The minimum atomic E-state index is -0.641. The van der Waals surface area contributed by atoms with Gasteiger partial charge >= 0.3 is 0 Å². The zero-order valence-corrected chi connectivity index (χ0v) is 10.5. The first kappa shape index (κ1) is 12.0. The Morgan fingerprint density at radius 1 is 1.59 bits per heavy atom. The van der Waals surface area contributed by atoms with Crippen molar-refractivity contribution in [2.45, 2.75) is 26.2 Å². The Kier molecular flexibility index (Phi) is 3.11. The van der Waals surface area contributed by atoms with Gasteiger partial charge in [-0.25, -0.2) is 0 Å². The molecule has 0 spiro atoms. The maximum absolute atomic E-state index is 12.2. The lowest BCUT2D eigenvalue weighted by molar-refractivity contribution is -0.125. The Morgan fingerprint density at radius 2 is 2.29 bits per heavy atom. The van der Waals surface area contributed by atoms with Gasteiger partial charge < -0.3 is 11.1 Å². The smallest absolute Gasteiger partial charge is 0.237 e. The topological polar surface area (TPSA) is 68.0 Å². The molecule has 5 heteroatoms. The standard InChI is InChI=1S/C12H15N3OS/c1-8-9(4-2-7-14-8)15-11(16)12(10(13)17)5-3-6-12/h2,4,7H,3,5-6H2,1H3,(H2,13,17)(H,15,16). The van der Waals surface area contributed by atoms with Gasteiger partial charge in [0.15, 0.2) is 0 Å². The second kappa shape index (κ2) is 4.41. The summed E-state index contributed by atoms with van der Waals surface area (Å²) in [5.74, 6) is -0.104. The summed E-state index contributed by atoms with van der Waals surface area (Å²) in [6, 6.07) is 3.61. The van der Waals surface area contributed by atoms with Gasteiger partial charge in [-0.15, -0.1) is 0 Å². The Hall–Kier alpha value is -1.49. The number of nitrogens with two attached hydrogens (primary N) is 1. The molecule has 1 aromatic rings. The van der Waals surface area contributed by atoms with Gasteiger partial charge in [-0.1, -0.05) is 18.6 Å². The molecule has 17 heavy (non-hydrogen) atoms. The predicted octanol–water partition coefficient (Wildman–Crippen LogP) is 1.78. The average molecular weight is 249 g/mol. The van der Waals surface area contributed by atoms with Crippen molar-refractivity contribution >= 4 is 28.8 Å². The van der Waals surface area contributed by atoms with Crippen molar-refractivity contribution in [1.82, 2.24) is 4.98 Å². The summed E-state index contributed by atoms with van der Waals surface area (Å²) in [5, 5.41) is 2.87. The molecule has 1 saturated carbocycles. The van der Waals surface area contributed by atoms with Gasteiger partial charge in [0.2, 0.25) is 5.91 Å². The van der Waals surface area contributed by atoms with E-state index >= 15 is 0 Å². The first-order valence-corrected chi connectivity index (χ1v) is 6.00. The van der Waals surface area contributed by atoms with Gasteiger partial charge in [-0.2, -0.15) is 0 Å². The van der Waals surface area contributed by atoms with E-state index in [-0.39, 0.29) is 5.91 Å². The highest BCUT2D eigenvalue weighted by Gasteiger charge is 2.47. The number of nitrogens with one attached hydrogen (secondary N) is 1. The van der Waals surface area contributed by atoms with Gasteiger partial charge in [0.05, 0.1) is 21.8 Å². The summed E-state index contributed by atoms with van der Waals surface area (Å²) < 4.78 is 0. The van der Waals surface area contributed by atoms with Gasteiger partial charge in [-0.3, -0.25) is 9.78 Å². The Balaban J connectivity index is 2.17. The van der Waals surface area contributed by atoms with E-state index in [2.05, 4.69) is 10.3 Å². The highest BCUT2D eigenvalue weighted by Crippen LogP contribution is 2.42.